The minimum atomic E-state index is -0.367. The summed E-state index contributed by atoms with van der Waals surface area (Å²) in [5.41, 5.74) is 1.54. The normalized spacial score (nSPS) is 10.7. The van der Waals surface area contributed by atoms with Crippen LogP contribution in [0.5, 0.6) is 5.75 Å². The first-order valence-corrected chi connectivity index (χ1v) is 7.18. The van der Waals surface area contributed by atoms with Crippen LogP contribution in [0.2, 0.25) is 0 Å². The van der Waals surface area contributed by atoms with Gasteiger partial charge in [0.05, 0.1) is 12.8 Å². The zero-order chi connectivity index (χ0) is 16.4. The van der Waals surface area contributed by atoms with Crippen LogP contribution in [0, 0.1) is 0 Å². The maximum absolute atomic E-state index is 12.5. The van der Waals surface area contributed by atoms with Crippen LogP contribution >= 0.6 is 0 Å². The first kappa shape index (κ1) is 14.8. The zero-order valence-corrected chi connectivity index (χ0v) is 12.8. The van der Waals surface area contributed by atoms with Gasteiger partial charge in [-0.05, 0) is 18.6 Å². The molecule has 0 saturated heterocycles. The summed E-state index contributed by atoms with van der Waals surface area (Å²) in [4.78, 5) is 28.9. The predicted molar refractivity (Wildman–Crippen MR) is 86.1 cm³/mol. The highest BCUT2D eigenvalue weighted by Gasteiger charge is 2.16. The smallest absolute Gasteiger partial charge is 0.272 e. The molecule has 3 aromatic rings. The molecule has 0 unspecified atom stereocenters. The molecule has 0 aliphatic heterocycles. The molecule has 0 aliphatic rings. The monoisotopic (exact) mass is 312 g/mol. The second-order valence-corrected chi connectivity index (χ2v) is 4.94. The number of nitrogens with zero attached hydrogens (tertiary/aromatic N) is 2. The first-order chi connectivity index (χ1) is 11.1. The Bertz CT molecular complexity index is 926. The summed E-state index contributed by atoms with van der Waals surface area (Å²) in [6.07, 6.45) is 2.08. The molecule has 2 N–H and O–H groups in total. The van der Waals surface area contributed by atoms with Crippen LogP contribution in [0.25, 0.3) is 5.65 Å². The van der Waals surface area contributed by atoms with Crippen LogP contribution in [0.3, 0.4) is 0 Å². The second kappa shape index (κ2) is 5.96. The molecule has 23 heavy (non-hydrogen) atoms. The average Bonchev–Trinajstić information content (AvgIpc) is 2.99. The summed E-state index contributed by atoms with van der Waals surface area (Å²) in [5, 5.41) is 5.53. The number of para-hydroxylation sites is 2. The highest BCUT2D eigenvalue weighted by Crippen LogP contribution is 2.24. The molecule has 0 fully saturated rings. The van der Waals surface area contributed by atoms with Crippen molar-refractivity contribution in [1.82, 2.24) is 14.6 Å². The van der Waals surface area contributed by atoms with Gasteiger partial charge >= 0.3 is 0 Å². The third-order valence-electron chi connectivity index (χ3n) is 3.51. The van der Waals surface area contributed by atoms with Gasteiger partial charge in [-0.3, -0.25) is 14.7 Å². The maximum atomic E-state index is 12.5. The average molecular weight is 312 g/mol. The van der Waals surface area contributed by atoms with Gasteiger partial charge in [0.25, 0.3) is 11.5 Å². The fraction of sp³-hybridized carbons (Fsp3) is 0.188. The van der Waals surface area contributed by atoms with Crippen molar-refractivity contribution < 1.29 is 9.53 Å². The van der Waals surface area contributed by atoms with Gasteiger partial charge in [0, 0.05) is 18.0 Å². The van der Waals surface area contributed by atoms with E-state index >= 15 is 0 Å². The molecule has 0 bridgehead atoms. The van der Waals surface area contributed by atoms with Crippen molar-refractivity contribution >= 4 is 17.2 Å². The van der Waals surface area contributed by atoms with Gasteiger partial charge in [-0.2, -0.15) is 0 Å². The topological polar surface area (TPSA) is 88.5 Å². The molecule has 0 saturated carbocycles. The van der Waals surface area contributed by atoms with Crippen LogP contribution < -0.4 is 15.6 Å². The number of carbonyl (C=O) groups excluding carboxylic acids is 1. The Morgan fingerprint density at radius 3 is 2.91 bits per heavy atom. The molecule has 1 amide bonds. The lowest BCUT2D eigenvalue weighted by atomic mass is 10.2. The summed E-state index contributed by atoms with van der Waals surface area (Å²) in [5.74, 6) is 0.188. The number of H-pyrrole nitrogens is 1. The highest BCUT2D eigenvalue weighted by molar-refractivity contribution is 6.08. The Morgan fingerprint density at radius 1 is 1.39 bits per heavy atom. The van der Waals surface area contributed by atoms with Crippen molar-refractivity contribution in [3.8, 4) is 5.75 Å². The van der Waals surface area contributed by atoms with Gasteiger partial charge in [-0.1, -0.05) is 19.1 Å². The van der Waals surface area contributed by atoms with Crippen LogP contribution in [0.4, 0.5) is 5.69 Å². The third kappa shape index (κ3) is 2.68. The van der Waals surface area contributed by atoms with Crippen molar-refractivity contribution in [2.24, 2.45) is 0 Å². The summed E-state index contributed by atoms with van der Waals surface area (Å²) in [6, 6.07) is 8.55. The number of fused-ring (bicyclic) bond motifs is 1. The first-order valence-electron chi connectivity index (χ1n) is 7.18. The van der Waals surface area contributed by atoms with Crippen molar-refractivity contribution in [3.05, 3.63) is 58.1 Å². The van der Waals surface area contributed by atoms with E-state index in [2.05, 4.69) is 15.4 Å². The number of anilines is 1. The fourth-order valence-electron chi connectivity index (χ4n) is 2.31. The van der Waals surface area contributed by atoms with E-state index < -0.39 is 0 Å². The maximum Gasteiger partial charge on any atom is 0.272 e. The van der Waals surface area contributed by atoms with E-state index in [1.165, 1.54) is 23.9 Å². The van der Waals surface area contributed by atoms with Gasteiger partial charge in [0.2, 0.25) is 0 Å². The van der Waals surface area contributed by atoms with E-state index in [4.69, 9.17) is 4.74 Å². The van der Waals surface area contributed by atoms with E-state index in [-0.39, 0.29) is 11.5 Å². The summed E-state index contributed by atoms with van der Waals surface area (Å²) in [6.45, 7) is 1.90. The zero-order valence-electron chi connectivity index (χ0n) is 12.8. The standard InChI is InChI=1S/C16H16N4O3/c1-3-10-8-14(21)20-15(18-10)11(9-17-20)16(22)19-12-6-4-5-7-13(12)23-2/h4-9,17H,3H2,1-2H3,(H,19,22). The summed E-state index contributed by atoms with van der Waals surface area (Å²) >= 11 is 0. The van der Waals surface area contributed by atoms with E-state index in [9.17, 15) is 9.59 Å². The van der Waals surface area contributed by atoms with Crippen molar-refractivity contribution in [2.75, 3.05) is 12.4 Å². The molecular weight excluding hydrogens is 296 g/mol. The Kier molecular flexibility index (Phi) is 3.84. The highest BCUT2D eigenvalue weighted by atomic mass is 16.5. The number of benzene rings is 1. The van der Waals surface area contributed by atoms with Gasteiger partial charge in [0.15, 0.2) is 5.65 Å². The third-order valence-corrected chi connectivity index (χ3v) is 3.51. The SMILES string of the molecule is CCc1cc(=O)n2[nH]cc(C(=O)Nc3ccccc3OC)c2n1. The molecule has 7 heteroatoms. The molecule has 0 radical (unpaired) electrons. The molecule has 118 valence electrons. The summed E-state index contributed by atoms with van der Waals surface area (Å²) < 4.78 is 6.46. The number of aromatic amines is 1. The largest absolute Gasteiger partial charge is 0.495 e. The van der Waals surface area contributed by atoms with Crippen LogP contribution in [0.1, 0.15) is 23.0 Å². The molecule has 0 atom stereocenters. The lowest BCUT2D eigenvalue weighted by Crippen LogP contribution is -2.17. The van der Waals surface area contributed by atoms with Crippen LogP contribution in [0.15, 0.2) is 41.3 Å². The predicted octanol–water partition coefficient (Wildman–Crippen LogP) is 1.85. The number of amides is 1. The molecule has 1 aromatic carbocycles. The molecule has 0 aliphatic carbocycles. The molecule has 2 heterocycles. The number of rotatable bonds is 4. The second-order valence-electron chi connectivity index (χ2n) is 4.94. The number of aryl methyl sites for hydroxylation is 1. The summed E-state index contributed by atoms with van der Waals surface area (Å²) in [7, 11) is 1.53. The number of aromatic nitrogens is 3. The van der Waals surface area contributed by atoms with Crippen molar-refractivity contribution in [1.29, 1.82) is 0 Å². The molecule has 2 aromatic heterocycles. The molecule has 7 nitrogen and oxygen atoms in total. The minimum Gasteiger partial charge on any atom is -0.495 e. The number of carbonyl (C=O) groups is 1. The Morgan fingerprint density at radius 2 is 2.17 bits per heavy atom. The van der Waals surface area contributed by atoms with Gasteiger partial charge < -0.3 is 10.1 Å². The van der Waals surface area contributed by atoms with Gasteiger partial charge in [-0.25, -0.2) is 9.50 Å². The van der Waals surface area contributed by atoms with Gasteiger partial charge in [-0.15, -0.1) is 0 Å². The Balaban J connectivity index is 2.01. The number of hydrogen-bond donors (Lipinski definition) is 2. The van der Waals surface area contributed by atoms with E-state index in [0.29, 0.717) is 34.8 Å². The van der Waals surface area contributed by atoms with Crippen LogP contribution in [-0.4, -0.2) is 27.6 Å². The van der Waals surface area contributed by atoms with Crippen molar-refractivity contribution in [2.45, 2.75) is 13.3 Å². The molecule has 0 spiro atoms. The molecule has 3 rings (SSSR count). The Hall–Kier alpha value is -3.09. The van der Waals surface area contributed by atoms with Gasteiger partial charge in [0.1, 0.15) is 11.3 Å². The van der Waals surface area contributed by atoms with E-state index in [0.717, 1.165) is 0 Å². The quantitative estimate of drug-likeness (QED) is 0.769. The van der Waals surface area contributed by atoms with E-state index in [1.54, 1.807) is 18.2 Å². The number of nitrogens with one attached hydrogen (secondary N) is 2. The van der Waals surface area contributed by atoms with Crippen LogP contribution in [-0.2, 0) is 6.42 Å². The fourth-order valence-corrected chi connectivity index (χ4v) is 2.31. The Labute approximate surface area is 131 Å². The van der Waals surface area contributed by atoms with Crippen molar-refractivity contribution in [3.63, 3.8) is 0 Å². The molecular formula is C16H16N4O3. The number of methoxy groups -OCH3 is 1. The lowest BCUT2D eigenvalue weighted by Gasteiger charge is -2.09. The number of ether oxygens (including phenoxy) is 1. The minimum absolute atomic E-state index is 0.247. The lowest BCUT2D eigenvalue weighted by molar-refractivity contribution is 0.102. The number of hydrogen-bond acceptors (Lipinski definition) is 4. The van der Waals surface area contributed by atoms with E-state index in [1.807, 2.05) is 13.0 Å².